The molecule has 0 aromatic heterocycles. The van der Waals surface area contributed by atoms with Gasteiger partial charge in [-0.05, 0) is 45.4 Å². The molecule has 2 heterocycles. The third-order valence-electron chi connectivity index (χ3n) is 4.77. The molecule has 2 unspecified atom stereocenters. The molecule has 1 amide bonds. The maximum atomic E-state index is 12.3. The molecule has 2 rings (SSSR count). The summed E-state index contributed by atoms with van der Waals surface area (Å²) in [6.07, 6.45) is 4.27. The summed E-state index contributed by atoms with van der Waals surface area (Å²) in [5.41, 5.74) is -0.775. The third-order valence-corrected chi connectivity index (χ3v) is 4.77. The largest absolute Gasteiger partial charge is 0.481 e. The molecule has 5 heteroatoms. The summed E-state index contributed by atoms with van der Waals surface area (Å²) >= 11 is 0. The van der Waals surface area contributed by atoms with Gasteiger partial charge in [-0.25, -0.2) is 0 Å². The van der Waals surface area contributed by atoms with Crippen LogP contribution in [0.25, 0.3) is 0 Å². The number of rotatable bonds is 4. The third kappa shape index (κ3) is 3.32. The molecule has 0 bridgehead atoms. The van der Waals surface area contributed by atoms with Crippen molar-refractivity contribution in [1.82, 2.24) is 4.90 Å². The maximum Gasteiger partial charge on any atom is 0.309 e. The Labute approximate surface area is 120 Å². The zero-order chi connectivity index (χ0) is 14.8. The molecule has 0 saturated carbocycles. The van der Waals surface area contributed by atoms with Gasteiger partial charge < -0.3 is 14.7 Å². The van der Waals surface area contributed by atoms with Crippen molar-refractivity contribution in [2.45, 2.75) is 52.1 Å². The van der Waals surface area contributed by atoms with Crippen LogP contribution >= 0.6 is 0 Å². The molecule has 0 radical (unpaired) electrons. The summed E-state index contributed by atoms with van der Waals surface area (Å²) in [5.74, 6) is -0.638. The van der Waals surface area contributed by atoms with Crippen LogP contribution in [-0.4, -0.2) is 47.7 Å². The van der Waals surface area contributed by atoms with Crippen molar-refractivity contribution in [1.29, 1.82) is 0 Å². The summed E-state index contributed by atoms with van der Waals surface area (Å²) in [6, 6.07) is 0. The molecular formula is C15H25NO4. The van der Waals surface area contributed by atoms with Crippen molar-refractivity contribution < 1.29 is 19.4 Å². The van der Waals surface area contributed by atoms with Crippen LogP contribution in [-0.2, 0) is 14.3 Å². The van der Waals surface area contributed by atoms with Gasteiger partial charge in [0.2, 0.25) is 5.91 Å². The number of nitrogens with zero attached hydrogens (tertiary/aromatic N) is 1. The lowest BCUT2D eigenvalue weighted by Crippen LogP contribution is -2.47. The minimum Gasteiger partial charge on any atom is -0.481 e. The summed E-state index contributed by atoms with van der Waals surface area (Å²) in [6.45, 7) is 5.58. The molecule has 0 spiro atoms. The van der Waals surface area contributed by atoms with E-state index in [9.17, 15) is 14.7 Å². The van der Waals surface area contributed by atoms with Crippen molar-refractivity contribution in [2.24, 2.45) is 11.3 Å². The van der Waals surface area contributed by atoms with Gasteiger partial charge in [-0.2, -0.15) is 0 Å². The molecule has 2 fully saturated rings. The lowest BCUT2D eigenvalue weighted by Gasteiger charge is -2.39. The van der Waals surface area contributed by atoms with Crippen LogP contribution < -0.4 is 0 Å². The average Bonchev–Trinajstić information content (AvgIpc) is 2.91. The number of carbonyl (C=O) groups excluding carboxylic acids is 1. The van der Waals surface area contributed by atoms with Gasteiger partial charge in [0.1, 0.15) is 0 Å². The Hall–Kier alpha value is -1.10. The predicted octanol–water partition coefficient (Wildman–Crippen LogP) is 1.90. The number of aliphatic carboxylic acids is 1. The van der Waals surface area contributed by atoms with Gasteiger partial charge in [0, 0.05) is 19.7 Å². The Morgan fingerprint density at radius 3 is 2.65 bits per heavy atom. The molecule has 1 N–H and O–H groups in total. The van der Waals surface area contributed by atoms with Crippen molar-refractivity contribution in [3.05, 3.63) is 0 Å². The lowest BCUT2D eigenvalue weighted by atomic mass is 9.74. The van der Waals surface area contributed by atoms with Crippen LogP contribution in [0.1, 0.15) is 46.0 Å². The minimum atomic E-state index is -0.782. The molecule has 2 aliphatic rings. The van der Waals surface area contributed by atoms with Crippen LogP contribution in [0.2, 0.25) is 0 Å². The number of carbonyl (C=O) groups is 2. The van der Waals surface area contributed by atoms with Gasteiger partial charge in [0.25, 0.3) is 0 Å². The molecule has 2 aliphatic heterocycles. The molecule has 20 heavy (non-hydrogen) atoms. The highest BCUT2D eigenvalue weighted by molar-refractivity contribution is 5.77. The van der Waals surface area contributed by atoms with Crippen LogP contribution in [0, 0.1) is 11.3 Å². The van der Waals surface area contributed by atoms with Gasteiger partial charge in [-0.3, -0.25) is 9.59 Å². The first-order valence-corrected chi connectivity index (χ1v) is 7.54. The van der Waals surface area contributed by atoms with E-state index in [-0.39, 0.29) is 17.9 Å². The summed E-state index contributed by atoms with van der Waals surface area (Å²) in [4.78, 5) is 25.5. The van der Waals surface area contributed by atoms with Crippen molar-refractivity contribution >= 4 is 11.9 Å². The van der Waals surface area contributed by atoms with Crippen LogP contribution in [0.3, 0.4) is 0 Å². The molecule has 2 atom stereocenters. The van der Waals surface area contributed by atoms with E-state index >= 15 is 0 Å². The van der Waals surface area contributed by atoms with E-state index in [1.165, 1.54) is 0 Å². The van der Waals surface area contributed by atoms with Crippen molar-refractivity contribution in [2.75, 3.05) is 19.7 Å². The van der Waals surface area contributed by atoms with Gasteiger partial charge in [-0.15, -0.1) is 0 Å². The summed E-state index contributed by atoms with van der Waals surface area (Å²) in [7, 11) is 0. The van der Waals surface area contributed by atoms with Gasteiger partial charge in [-0.1, -0.05) is 0 Å². The molecule has 2 saturated heterocycles. The number of ether oxygens (including phenoxy) is 1. The molecule has 0 aromatic rings. The SMILES string of the molecule is CC(C)(C(=O)O)C1CCCN(C(=O)CC2CCCO2)C1. The maximum absolute atomic E-state index is 12.3. The predicted molar refractivity (Wildman–Crippen MR) is 74.3 cm³/mol. The first-order valence-electron chi connectivity index (χ1n) is 7.54. The molecule has 0 aliphatic carbocycles. The fourth-order valence-corrected chi connectivity index (χ4v) is 3.10. The molecule has 114 valence electrons. The van der Waals surface area contributed by atoms with Crippen LogP contribution in [0.5, 0.6) is 0 Å². The average molecular weight is 283 g/mol. The Morgan fingerprint density at radius 1 is 1.30 bits per heavy atom. The number of carboxylic acids is 1. The first-order chi connectivity index (χ1) is 9.41. The van der Waals surface area contributed by atoms with Gasteiger partial charge >= 0.3 is 5.97 Å². The van der Waals surface area contributed by atoms with E-state index in [0.29, 0.717) is 13.0 Å². The number of hydrogen-bond acceptors (Lipinski definition) is 3. The number of carboxylic acid groups (broad SMARTS) is 1. The van der Waals surface area contributed by atoms with Crippen LogP contribution in [0.4, 0.5) is 0 Å². The molecular weight excluding hydrogens is 258 g/mol. The quantitative estimate of drug-likeness (QED) is 0.855. The van der Waals surface area contributed by atoms with E-state index in [1.54, 1.807) is 13.8 Å². The normalized spacial score (nSPS) is 27.6. The van der Waals surface area contributed by atoms with Gasteiger partial charge in [0.05, 0.1) is 17.9 Å². The fourth-order valence-electron chi connectivity index (χ4n) is 3.10. The van der Waals surface area contributed by atoms with Crippen molar-refractivity contribution in [3.8, 4) is 0 Å². The van der Waals surface area contributed by atoms with E-state index in [1.807, 2.05) is 4.90 Å². The van der Waals surface area contributed by atoms with E-state index < -0.39 is 11.4 Å². The second-order valence-corrected chi connectivity index (χ2v) is 6.54. The monoisotopic (exact) mass is 283 g/mol. The van der Waals surface area contributed by atoms with Crippen molar-refractivity contribution in [3.63, 3.8) is 0 Å². The van der Waals surface area contributed by atoms with Gasteiger partial charge in [0.15, 0.2) is 0 Å². The zero-order valence-electron chi connectivity index (χ0n) is 12.4. The number of piperidine rings is 1. The first kappa shape index (κ1) is 15.3. The zero-order valence-corrected chi connectivity index (χ0v) is 12.4. The highest BCUT2D eigenvalue weighted by atomic mass is 16.5. The molecule has 0 aromatic carbocycles. The Balaban J connectivity index is 1.92. The fraction of sp³-hybridized carbons (Fsp3) is 0.867. The lowest BCUT2D eigenvalue weighted by molar-refractivity contribution is -0.153. The second kappa shape index (κ2) is 6.12. The minimum absolute atomic E-state index is 0.0298. The second-order valence-electron chi connectivity index (χ2n) is 6.54. The van der Waals surface area contributed by atoms with E-state index in [0.717, 1.165) is 38.8 Å². The van der Waals surface area contributed by atoms with E-state index in [4.69, 9.17) is 4.74 Å². The Kier molecular flexibility index (Phi) is 4.68. The Morgan fingerprint density at radius 2 is 2.05 bits per heavy atom. The highest BCUT2D eigenvalue weighted by Crippen LogP contribution is 2.34. The topological polar surface area (TPSA) is 66.8 Å². The van der Waals surface area contributed by atoms with Crippen LogP contribution in [0.15, 0.2) is 0 Å². The number of likely N-dealkylation sites (tertiary alicyclic amines) is 1. The smallest absolute Gasteiger partial charge is 0.309 e. The summed E-state index contributed by atoms with van der Waals surface area (Å²) in [5, 5.41) is 9.32. The highest BCUT2D eigenvalue weighted by Gasteiger charge is 2.40. The van der Waals surface area contributed by atoms with E-state index in [2.05, 4.69) is 0 Å². The summed E-state index contributed by atoms with van der Waals surface area (Å²) < 4.78 is 5.51. The Bertz CT molecular complexity index is 374. The number of hydrogen-bond donors (Lipinski definition) is 1. The number of amides is 1. The standard InChI is InChI=1S/C15H25NO4/c1-15(2,14(18)19)11-5-3-7-16(10-11)13(17)9-12-6-4-8-20-12/h11-12H,3-10H2,1-2H3,(H,18,19). The molecule has 5 nitrogen and oxygen atoms in total.